The molecule has 1 heterocycles. The Hall–Kier alpha value is -6.64. The first kappa shape index (κ1) is 31.1. The van der Waals surface area contributed by atoms with Crippen LogP contribution in [0.15, 0.2) is 192 Å². The van der Waals surface area contributed by atoms with E-state index in [1.54, 1.807) is 0 Å². The second-order valence-corrected chi connectivity index (χ2v) is 14.5. The molecule has 0 aliphatic heterocycles. The summed E-state index contributed by atoms with van der Waals surface area (Å²) in [6.45, 7) is 4.71. The van der Waals surface area contributed by atoms with Gasteiger partial charge in [-0.25, -0.2) is 0 Å². The van der Waals surface area contributed by atoms with Crippen molar-refractivity contribution in [3.63, 3.8) is 0 Å². The fraction of sp³-hybridized carbons (Fsp3) is 0.0588. The van der Waals surface area contributed by atoms with Gasteiger partial charge in [0.25, 0.3) is 0 Å². The van der Waals surface area contributed by atoms with Crippen LogP contribution in [0.1, 0.15) is 25.0 Å². The summed E-state index contributed by atoms with van der Waals surface area (Å²) in [5.74, 6) is 0. The van der Waals surface area contributed by atoms with E-state index in [0.29, 0.717) is 0 Å². The van der Waals surface area contributed by atoms with E-state index in [-0.39, 0.29) is 5.41 Å². The molecule has 2 heteroatoms. The van der Waals surface area contributed by atoms with Crippen LogP contribution >= 0.6 is 0 Å². The molecule has 0 radical (unpaired) electrons. The van der Waals surface area contributed by atoms with Gasteiger partial charge in [-0.3, -0.25) is 0 Å². The van der Waals surface area contributed by atoms with Gasteiger partial charge >= 0.3 is 0 Å². The van der Waals surface area contributed by atoms with E-state index in [0.717, 1.165) is 39.0 Å². The average molecular weight is 680 g/mol. The van der Waals surface area contributed by atoms with Crippen molar-refractivity contribution in [2.45, 2.75) is 19.3 Å². The molecule has 9 aromatic rings. The third-order valence-corrected chi connectivity index (χ3v) is 11.1. The van der Waals surface area contributed by atoms with E-state index >= 15 is 0 Å². The van der Waals surface area contributed by atoms with E-state index in [2.05, 4.69) is 201 Å². The monoisotopic (exact) mass is 679 g/mol. The van der Waals surface area contributed by atoms with E-state index in [9.17, 15) is 0 Å². The molecule has 0 unspecified atom stereocenters. The Morgan fingerprint density at radius 2 is 0.962 bits per heavy atom. The molecule has 10 rings (SSSR count). The minimum absolute atomic E-state index is 0.128. The van der Waals surface area contributed by atoms with Crippen molar-refractivity contribution < 1.29 is 4.42 Å². The number of fused-ring (bicyclic) bond motifs is 6. The first-order chi connectivity index (χ1) is 26.1. The molecule has 1 aromatic heterocycles. The highest BCUT2D eigenvalue weighted by Gasteiger charge is 2.37. The zero-order valence-corrected chi connectivity index (χ0v) is 29.8. The number of furan rings is 1. The number of benzene rings is 8. The lowest BCUT2D eigenvalue weighted by Gasteiger charge is -2.30. The summed E-state index contributed by atoms with van der Waals surface area (Å²) in [5.41, 5.74) is 17.2. The van der Waals surface area contributed by atoms with Gasteiger partial charge in [0.2, 0.25) is 0 Å². The van der Waals surface area contributed by atoms with Crippen LogP contribution in [0.4, 0.5) is 17.1 Å². The van der Waals surface area contributed by atoms with Crippen molar-refractivity contribution in [1.82, 2.24) is 0 Å². The molecule has 8 aromatic carbocycles. The number of para-hydroxylation sites is 2. The van der Waals surface area contributed by atoms with Crippen LogP contribution in [0.5, 0.6) is 0 Å². The zero-order valence-electron chi connectivity index (χ0n) is 29.8. The minimum atomic E-state index is -0.128. The molecule has 53 heavy (non-hydrogen) atoms. The van der Waals surface area contributed by atoms with Crippen molar-refractivity contribution in [3.8, 4) is 44.5 Å². The summed E-state index contributed by atoms with van der Waals surface area (Å²) in [4.78, 5) is 2.41. The zero-order chi connectivity index (χ0) is 35.5. The van der Waals surface area contributed by atoms with E-state index < -0.39 is 0 Å². The Balaban J connectivity index is 1.30. The summed E-state index contributed by atoms with van der Waals surface area (Å²) in [6.07, 6.45) is 0. The minimum Gasteiger partial charge on any atom is -0.454 e. The third kappa shape index (κ3) is 4.94. The Morgan fingerprint density at radius 1 is 0.396 bits per heavy atom. The van der Waals surface area contributed by atoms with Crippen molar-refractivity contribution in [3.05, 3.63) is 199 Å². The highest BCUT2D eigenvalue weighted by atomic mass is 16.3. The summed E-state index contributed by atoms with van der Waals surface area (Å²) < 4.78 is 6.77. The first-order valence-corrected chi connectivity index (χ1v) is 18.4. The standard InChI is InChI=1S/C51H37NO/c1-51(2)43-25-11-9-21-41(43)48-42(24-13-26-44(48)51)49-38(36-18-7-4-8-19-36)22-14-27-45(49)52(37-32-30-35(31-33-37)34-16-5-3-6-17-34)46-28-15-23-40-39-20-10-12-29-47(39)53-50(40)46/h3-33H,1-2H3. The fourth-order valence-electron chi connectivity index (χ4n) is 8.58. The van der Waals surface area contributed by atoms with Crippen LogP contribution < -0.4 is 4.90 Å². The van der Waals surface area contributed by atoms with Gasteiger partial charge in [-0.2, -0.15) is 0 Å². The van der Waals surface area contributed by atoms with Gasteiger partial charge in [0, 0.05) is 27.4 Å². The van der Waals surface area contributed by atoms with Gasteiger partial charge in [-0.1, -0.05) is 172 Å². The highest BCUT2D eigenvalue weighted by molar-refractivity contribution is 6.12. The van der Waals surface area contributed by atoms with Gasteiger partial charge < -0.3 is 9.32 Å². The molecule has 0 saturated carbocycles. The summed E-state index contributed by atoms with van der Waals surface area (Å²) in [6, 6.07) is 67.8. The quantitative estimate of drug-likeness (QED) is 0.174. The van der Waals surface area contributed by atoms with Gasteiger partial charge in [0.05, 0.1) is 11.4 Å². The van der Waals surface area contributed by atoms with Crippen LogP contribution in [-0.2, 0) is 5.41 Å². The Morgan fingerprint density at radius 3 is 1.77 bits per heavy atom. The van der Waals surface area contributed by atoms with Crippen molar-refractivity contribution in [2.75, 3.05) is 4.90 Å². The molecule has 0 atom stereocenters. The van der Waals surface area contributed by atoms with E-state index in [1.807, 2.05) is 6.07 Å². The molecule has 0 saturated heterocycles. The predicted molar refractivity (Wildman–Crippen MR) is 222 cm³/mol. The maximum absolute atomic E-state index is 6.77. The molecule has 0 bridgehead atoms. The van der Waals surface area contributed by atoms with E-state index in [1.165, 1.54) is 55.6 Å². The van der Waals surface area contributed by atoms with Crippen molar-refractivity contribution in [2.24, 2.45) is 0 Å². The van der Waals surface area contributed by atoms with Gasteiger partial charge in [0.15, 0.2) is 5.58 Å². The van der Waals surface area contributed by atoms with Crippen LogP contribution in [0.25, 0.3) is 66.4 Å². The maximum atomic E-state index is 6.77. The van der Waals surface area contributed by atoms with Crippen LogP contribution in [-0.4, -0.2) is 0 Å². The second-order valence-electron chi connectivity index (χ2n) is 14.5. The normalized spacial score (nSPS) is 12.9. The van der Waals surface area contributed by atoms with E-state index in [4.69, 9.17) is 4.42 Å². The van der Waals surface area contributed by atoms with Crippen molar-refractivity contribution in [1.29, 1.82) is 0 Å². The first-order valence-electron chi connectivity index (χ1n) is 18.4. The maximum Gasteiger partial charge on any atom is 0.159 e. The number of hydrogen-bond acceptors (Lipinski definition) is 2. The average Bonchev–Trinajstić information content (AvgIpc) is 3.72. The summed E-state index contributed by atoms with van der Waals surface area (Å²) >= 11 is 0. The highest BCUT2D eigenvalue weighted by Crippen LogP contribution is 2.56. The third-order valence-electron chi connectivity index (χ3n) is 11.1. The number of hydrogen-bond donors (Lipinski definition) is 0. The Labute approximate surface area is 310 Å². The van der Waals surface area contributed by atoms with Gasteiger partial charge in [-0.15, -0.1) is 0 Å². The summed E-state index contributed by atoms with van der Waals surface area (Å²) in [7, 11) is 0. The summed E-state index contributed by atoms with van der Waals surface area (Å²) in [5, 5.41) is 2.21. The number of nitrogens with zero attached hydrogens (tertiary/aromatic N) is 1. The topological polar surface area (TPSA) is 16.4 Å². The Bertz CT molecular complexity index is 2790. The second kappa shape index (κ2) is 12.3. The van der Waals surface area contributed by atoms with Crippen LogP contribution in [0.3, 0.4) is 0 Å². The van der Waals surface area contributed by atoms with Crippen molar-refractivity contribution >= 4 is 39.0 Å². The molecule has 0 amide bonds. The van der Waals surface area contributed by atoms with Gasteiger partial charge in [0.1, 0.15) is 5.58 Å². The lowest BCUT2D eigenvalue weighted by molar-refractivity contribution is 0.660. The Kier molecular flexibility index (Phi) is 7.19. The molecule has 1 aliphatic carbocycles. The van der Waals surface area contributed by atoms with Crippen LogP contribution in [0, 0.1) is 0 Å². The molecular weight excluding hydrogens is 643 g/mol. The molecule has 252 valence electrons. The number of anilines is 3. The smallest absolute Gasteiger partial charge is 0.159 e. The lowest BCUT2D eigenvalue weighted by Crippen LogP contribution is -2.15. The lowest BCUT2D eigenvalue weighted by atomic mass is 9.81. The molecule has 2 nitrogen and oxygen atoms in total. The fourth-order valence-corrected chi connectivity index (χ4v) is 8.58. The predicted octanol–water partition coefficient (Wildman–Crippen LogP) is 14.4. The SMILES string of the molecule is CC1(C)c2ccccc2-c2c(-c3c(-c4ccccc4)cccc3N(c3ccc(-c4ccccc4)cc3)c3cccc4c3oc3ccccc34)cccc21. The largest absolute Gasteiger partial charge is 0.454 e. The van der Waals surface area contributed by atoms with Crippen LogP contribution in [0.2, 0.25) is 0 Å². The molecule has 1 aliphatic rings. The number of rotatable bonds is 6. The van der Waals surface area contributed by atoms with Gasteiger partial charge in [-0.05, 0) is 80.4 Å². The molecule has 0 fully saturated rings. The molecule has 0 spiro atoms. The molecule has 0 N–H and O–H groups in total. The molecular formula is C51H37NO.